The third-order valence-corrected chi connectivity index (χ3v) is 3.82. The highest BCUT2D eigenvalue weighted by Crippen LogP contribution is 2.22. The summed E-state index contributed by atoms with van der Waals surface area (Å²) < 4.78 is -0.603. The Morgan fingerprint density at radius 3 is 2.25 bits per heavy atom. The lowest BCUT2D eigenvalue weighted by molar-refractivity contribution is -0.112. The number of alkyl halides is 2. The molecule has 0 aliphatic carbocycles. The summed E-state index contributed by atoms with van der Waals surface area (Å²) in [6.07, 6.45) is 0. The second kappa shape index (κ2) is 3.18. The Kier molecular flexibility index (Phi) is 3.55. The molecule has 4 heteroatoms. The maximum Gasteiger partial charge on any atom is 0.238 e. The molecule has 1 unspecified atom stereocenters. The monoisotopic (exact) mass is 262 g/mol. The maximum absolute atomic E-state index is 10.4. The Morgan fingerprint density at radius 1 is 1.88 bits per heavy atom. The predicted octanol–water partition coefficient (Wildman–Crippen LogP) is 2.30. The third-order valence-electron chi connectivity index (χ3n) is 0.661. The van der Waals surface area contributed by atoms with Crippen LogP contribution in [0.15, 0.2) is 0 Å². The molecule has 0 fully saturated rings. The standard InChI is InChI=1S/C4H5Br2ClO/c1-4(6,2-5)3(7)8/h2H2,1H3. The molecule has 0 aromatic heterocycles. The molecule has 0 rings (SSSR count). The largest absolute Gasteiger partial charge is 0.280 e. The maximum atomic E-state index is 10.4. The van der Waals surface area contributed by atoms with Gasteiger partial charge in [0.05, 0.1) is 0 Å². The summed E-state index contributed by atoms with van der Waals surface area (Å²) >= 11 is 11.4. The molecule has 0 radical (unpaired) electrons. The molecule has 0 saturated heterocycles. The van der Waals surface area contributed by atoms with Gasteiger partial charge in [-0.05, 0) is 18.5 Å². The minimum absolute atomic E-state index is 0.380. The molecular weight excluding hydrogens is 259 g/mol. The quantitative estimate of drug-likeness (QED) is 0.552. The van der Waals surface area contributed by atoms with Crippen molar-refractivity contribution in [2.45, 2.75) is 11.2 Å². The average molecular weight is 264 g/mol. The third kappa shape index (κ3) is 2.46. The van der Waals surface area contributed by atoms with E-state index in [4.69, 9.17) is 11.6 Å². The highest BCUT2D eigenvalue weighted by atomic mass is 79.9. The fourth-order valence-corrected chi connectivity index (χ4v) is 0.535. The number of carbonyl (C=O) groups excluding carboxylic acids is 1. The zero-order valence-corrected chi connectivity index (χ0v) is 8.18. The summed E-state index contributed by atoms with van der Waals surface area (Å²) in [7, 11) is 0. The van der Waals surface area contributed by atoms with Crippen LogP contribution in [0.1, 0.15) is 6.92 Å². The predicted molar refractivity (Wildman–Crippen MR) is 42.0 cm³/mol. The molecule has 8 heavy (non-hydrogen) atoms. The highest BCUT2D eigenvalue weighted by Gasteiger charge is 2.26. The lowest BCUT2D eigenvalue weighted by Crippen LogP contribution is -2.25. The van der Waals surface area contributed by atoms with Crippen LogP contribution in [0.5, 0.6) is 0 Å². The van der Waals surface area contributed by atoms with Crippen LogP contribution in [0, 0.1) is 0 Å². The first-order chi connectivity index (χ1) is 3.50. The average Bonchev–Trinajstić information content (AvgIpc) is 1.67. The van der Waals surface area contributed by atoms with Gasteiger partial charge in [-0.3, -0.25) is 4.79 Å². The molecule has 0 aliphatic heterocycles. The van der Waals surface area contributed by atoms with Crippen LogP contribution in [-0.4, -0.2) is 14.9 Å². The van der Waals surface area contributed by atoms with Crippen molar-refractivity contribution in [3.63, 3.8) is 0 Å². The van der Waals surface area contributed by atoms with Crippen molar-refractivity contribution in [1.29, 1.82) is 0 Å². The molecule has 1 atom stereocenters. The van der Waals surface area contributed by atoms with Crippen molar-refractivity contribution in [3.05, 3.63) is 0 Å². The van der Waals surface area contributed by atoms with E-state index in [1.54, 1.807) is 6.92 Å². The second-order valence-corrected chi connectivity index (χ2v) is 4.26. The molecule has 0 amide bonds. The van der Waals surface area contributed by atoms with Gasteiger partial charge < -0.3 is 0 Å². The lowest BCUT2D eigenvalue weighted by Gasteiger charge is -2.11. The first-order valence-electron chi connectivity index (χ1n) is 1.95. The summed E-state index contributed by atoms with van der Waals surface area (Å²) in [4.78, 5) is 10.4. The molecule has 0 bridgehead atoms. The Morgan fingerprint density at radius 2 is 2.25 bits per heavy atom. The van der Waals surface area contributed by atoms with Crippen molar-refractivity contribution in [2.75, 3.05) is 5.33 Å². The van der Waals surface area contributed by atoms with Crippen LogP contribution in [0.2, 0.25) is 0 Å². The van der Waals surface area contributed by atoms with Crippen molar-refractivity contribution >= 4 is 48.7 Å². The van der Waals surface area contributed by atoms with Gasteiger partial charge in [0.1, 0.15) is 4.32 Å². The Balaban J connectivity index is 3.91. The molecule has 0 aromatic rings. The first kappa shape index (κ1) is 8.92. The van der Waals surface area contributed by atoms with Gasteiger partial charge in [0, 0.05) is 5.33 Å². The van der Waals surface area contributed by atoms with Crippen LogP contribution in [-0.2, 0) is 4.79 Å². The summed E-state index contributed by atoms with van der Waals surface area (Å²) in [6, 6.07) is 0. The van der Waals surface area contributed by atoms with Gasteiger partial charge in [0.15, 0.2) is 0 Å². The first-order valence-corrected chi connectivity index (χ1v) is 4.25. The molecule has 0 spiro atoms. The Hall–Kier alpha value is 0.920. The van der Waals surface area contributed by atoms with E-state index in [0.717, 1.165) is 0 Å². The van der Waals surface area contributed by atoms with Crippen LogP contribution >= 0.6 is 43.5 Å². The normalized spacial score (nSPS) is 17.5. The number of halogens is 3. The minimum Gasteiger partial charge on any atom is -0.280 e. The van der Waals surface area contributed by atoms with E-state index in [9.17, 15) is 4.79 Å². The summed E-state index contributed by atoms with van der Waals surface area (Å²) in [5.41, 5.74) is 0. The van der Waals surface area contributed by atoms with Crippen molar-refractivity contribution in [1.82, 2.24) is 0 Å². The second-order valence-electron chi connectivity index (χ2n) is 1.60. The number of hydrogen-bond donors (Lipinski definition) is 0. The minimum atomic E-state index is -0.603. The van der Waals surface area contributed by atoms with Crippen LogP contribution < -0.4 is 0 Å². The van der Waals surface area contributed by atoms with Crippen LogP contribution in [0.3, 0.4) is 0 Å². The van der Waals surface area contributed by atoms with E-state index < -0.39 is 4.32 Å². The van der Waals surface area contributed by atoms with Gasteiger partial charge in [0.2, 0.25) is 5.24 Å². The van der Waals surface area contributed by atoms with E-state index in [2.05, 4.69) is 31.9 Å². The topological polar surface area (TPSA) is 17.1 Å². The van der Waals surface area contributed by atoms with Crippen molar-refractivity contribution in [2.24, 2.45) is 0 Å². The lowest BCUT2D eigenvalue weighted by atomic mass is 10.2. The van der Waals surface area contributed by atoms with Crippen molar-refractivity contribution < 1.29 is 4.79 Å². The smallest absolute Gasteiger partial charge is 0.238 e. The van der Waals surface area contributed by atoms with E-state index in [1.165, 1.54) is 0 Å². The summed E-state index contributed by atoms with van der Waals surface area (Å²) in [5.74, 6) is 0. The van der Waals surface area contributed by atoms with Gasteiger partial charge in [-0.2, -0.15) is 0 Å². The fourth-order valence-electron chi connectivity index (χ4n) is 0.0525. The molecule has 1 nitrogen and oxygen atoms in total. The fraction of sp³-hybridized carbons (Fsp3) is 0.750. The van der Waals surface area contributed by atoms with E-state index in [-0.39, 0.29) is 5.24 Å². The van der Waals surface area contributed by atoms with Gasteiger partial charge in [0.25, 0.3) is 0 Å². The SMILES string of the molecule is CC(Br)(CBr)C(=O)Cl. The zero-order chi connectivity index (χ0) is 6.78. The molecule has 0 aromatic carbocycles. The summed E-state index contributed by atoms with van der Waals surface area (Å²) in [5, 5.41) is 0.150. The number of hydrogen-bond acceptors (Lipinski definition) is 1. The van der Waals surface area contributed by atoms with E-state index in [0.29, 0.717) is 5.33 Å². The van der Waals surface area contributed by atoms with Crippen molar-refractivity contribution in [3.8, 4) is 0 Å². The molecule has 0 heterocycles. The van der Waals surface area contributed by atoms with Crippen LogP contribution in [0.4, 0.5) is 0 Å². The van der Waals surface area contributed by atoms with Gasteiger partial charge >= 0.3 is 0 Å². The summed E-state index contributed by atoms with van der Waals surface area (Å²) in [6.45, 7) is 1.71. The van der Waals surface area contributed by atoms with Gasteiger partial charge in [-0.15, -0.1) is 0 Å². The van der Waals surface area contributed by atoms with Gasteiger partial charge in [-0.25, -0.2) is 0 Å². The van der Waals surface area contributed by atoms with E-state index in [1.807, 2.05) is 0 Å². The highest BCUT2D eigenvalue weighted by molar-refractivity contribution is 9.12. The Bertz CT molecular complexity index is 102. The zero-order valence-electron chi connectivity index (χ0n) is 4.25. The van der Waals surface area contributed by atoms with E-state index >= 15 is 0 Å². The number of rotatable bonds is 2. The number of carbonyl (C=O) groups is 1. The molecule has 0 aliphatic rings. The molecular formula is C4H5Br2ClO. The van der Waals surface area contributed by atoms with Crippen LogP contribution in [0.25, 0.3) is 0 Å². The Labute approximate surface area is 70.0 Å². The molecule has 0 N–H and O–H groups in total. The molecule has 0 saturated carbocycles. The molecule has 48 valence electrons. The van der Waals surface area contributed by atoms with Gasteiger partial charge in [-0.1, -0.05) is 31.9 Å².